The van der Waals surface area contributed by atoms with E-state index >= 15 is 0 Å². The smallest absolute Gasteiger partial charge is 0.416 e. The van der Waals surface area contributed by atoms with Gasteiger partial charge in [-0.2, -0.15) is 13.2 Å². The van der Waals surface area contributed by atoms with Gasteiger partial charge >= 0.3 is 6.18 Å². The van der Waals surface area contributed by atoms with Gasteiger partial charge in [0.2, 0.25) is 0 Å². The van der Waals surface area contributed by atoms with Gasteiger partial charge in [-0.05, 0) is 36.4 Å². The van der Waals surface area contributed by atoms with Crippen molar-refractivity contribution < 1.29 is 23.0 Å². The second-order valence-electron chi connectivity index (χ2n) is 5.31. The van der Waals surface area contributed by atoms with Crippen LogP contribution >= 0.6 is 11.6 Å². The lowest BCUT2D eigenvalue weighted by molar-refractivity contribution is -0.138. The van der Waals surface area contributed by atoms with E-state index in [1.807, 2.05) is 0 Å². The van der Waals surface area contributed by atoms with Crippen LogP contribution in [0.2, 0.25) is 5.02 Å². The van der Waals surface area contributed by atoms with Gasteiger partial charge in [-0.3, -0.25) is 0 Å². The summed E-state index contributed by atoms with van der Waals surface area (Å²) in [6.07, 6.45) is -3.06. The minimum absolute atomic E-state index is 0.00408. The normalized spacial score (nSPS) is 11.6. The highest BCUT2D eigenvalue weighted by molar-refractivity contribution is 6.31. The van der Waals surface area contributed by atoms with Crippen molar-refractivity contribution in [3.8, 4) is 11.4 Å². The Morgan fingerprint density at radius 3 is 2.46 bits per heavy atom. The van der Waals surface area contributed by atoms with Crippen molar-refractivity contribution in [1.29, 1.82) is 0 Å². The molecule has 0 saturated carbocycles. The molecule has 0 spiro atoms. The number of hydrogen-bond donors (Lipinski definition) is 1. The minimum Gasteiger partial charge on any atom is -0.489 e. The molecule has 0 aliphatic rings. The van der Waals surface area contributed by atoms with Gasteiger partial charge in [0.25, 0.3) is 0 Å². The summed E-state index contributed by atoms with van der Waals surface area (Å²) in [6.45, 7) is -0.584. The van der Waals surface area contributed by atoms with Crippen molar-refractivity contribution >= 4 is 11.6 Å². The Balaban J connectivity index is 1.75. The van der Waals surface area contributed by atoms with Gasteiger partial charge in [-0.1, -0.05) is 17.7 Å². The fourth-order valence-corrected chi connectivity index (χ4v) is 2.54. The molecule has 0 amide bonds. The predicted molar refractivity (Wildman–Crippen MR) is 88.1 cm³/mol. The van der Waals surface area contributed by atoms with Crippen molar-refractivity contribution in [2.75, 3.05) is 0 Å². The molecule has 5 nitrogen and oxygen atoms in total. The van der Waals surface area contributed by atoms with Gasteiger partial charge in [0.05, 0.1) is 11.3 Å². The van der Waals surface area contributed by atoms with Gasteiger partial charge in [-0.25, -0.2) is 9.67 Å². The molecule has 3 rings (SSSR count). The number of rotatable bonds is 5. The van der Waals surface area contributed by atoms with E-state index in [4.69, 9.17) is 21.4 Å². The molecule has 0 bridgehead atoms. The van der Waals surface area contributed by atoms with Crippen LogP contribution in [0.3, 0.4) is 0 Å². The van der Waals surface area contributed by atoms with Crippen LogP contribution < -0.4 is 4.74 Å². The van der Waals surface area contributed by atoms with E-state index < -0.39 is 11.7 Å². The highest BCUT2D eigenvalue weighted by Crippen LogP contribution is 2.35. The molecular formula is C17H13ClF3N3O2. The molecule has 1 aromatic heterocycles. The van der Waals surface area contributed by atoms with Crippen LogP contribution in [0.25, 0.3) is 5.69 Å². The van der Waals surface area contributed by atoms with Crippen LogP contribution in [0, 0.1) is 0 Å². The monoisotopic (exact) mass is 383 g/mol. The highest BCUT2D eigenvalue weighted by Gasteiger charge is 2.34. The van der Waals surface area contributed by atoms with Crippen molar-refractivity contribution in [3.63, 3.8) is 0 Å². The SMILES string of the molecule is OCc1ncn(-c2ccc(OCc3c(Cl)cccc3C(F)(F)F)cc2)n1. The Labute approximate surface area is 151 Å². The number of nitrogens with zero attached hydrogens (tertiary/aromatic N) is 3. The average molecular weight is 384 g/mol. The van der Waals surface area contributed by atoms with Gasteiger partial charge in [0.15, 0.2) is 5.82 Å². The summed E-state index contributed by atoms with van der Waals surface area (Å²) >= 11 is 5.90. The van der Waals surface area contributed by atoms with Gasteiger partial charge in [0, 0.05) is 10.6 Å². The van der Waals surface area contributed by atoms with Gasteiger partial charge in [-0.15, -0.1) is 5.10 Å². The first-order valence-electron chi connectivity index (χ1n) is 7.47. The molecule has 1 heterocycles. The molecule has 0 saturated heterocycles. The summed E-state index contributed by atoms with van der Waals surface area (Å²) in [5.41, 5.74) is -0.270. The molecule has 136 valence electrons. The summed E-state index contributed by atoms with van der Waals surface area (Å²) in [5, 5.41) is 13.0. The zero-order valence-corrected chi connectivity index (χ0v) is 14.0. The van der Waals surface area contributed by atoms with Gasteiger partial charge < -0.3 is 9.84 Å². The Hall–Kier alpha value is -2.58. The lowest BCUT2D eigenvalue weighted by atomic mass is 10.1. The van der Waals surface area contributed by atoms with E-state index in [1.54, 1.807) is 24.3 Å². The molecule has 3 aromatic rings. The predicted octanol–water partition coefficient (Wildman–Crippen LogP) is 4.01. The second-order valence-corrected chi connectivity index (χ2v) is 5.72. The molecule has 1 N–H and O–H groups in total. The highest BCUT2D eigenvalue weighted by atomic mass is 35.5. The maximum atomic E-state index is 13.1. The van der Waals surface area contributed by atoms with Gasteiger partial charge in [0.1, 0.15) is 25.3 Å². The molecule has 0 radical (unpaired) electrons. The third-order valence-electron chi connectivity index (χ3n) is 3.59. The largest absolute Gasteiger partial charge is 0.489 e. The molecule has 9 heteroatoms. The van der Waals surface area contributed by atoms with Crippen LogP contribution in [0.1, 0.15) is 17.0 Å². The molecular weight excluding hydrogens is 371 g/mol. The molecule has 0 aliphatic heterocycles. The summed E-state index contributed by atoms with van der Waals surface area (Å²) in [4.78, 5) is 3.90. The van der Waals surface area contributed by atoms with Crippen LogP contribution in [0.15, 0.2) is 48.8 Å². The maximum Gasteiger partial charge on any atom is 0.416 e. The maximum absolute atomic E-state index is 13.1. The quantitative estimate of drug-likeness (QED) is 0.723. The van der Waals surface area contributed by atoms with Crippen molar-refractivity contribution in [2.24, 2.45) is 0 Å². The number of halogens is 4. The molecule has 0 unspecified atom stereocenters. The number of benzene rings is 2. The third-order valence-corrected chi connectivity index (χ3v) is 3.94. The molecule has 0 aliphatic carbocycles. The standard InChI is InChI=1S/C17H13ClF3N3O2/c18-15-3-1-2-14(17(19,20)21)13(15)9-26-12-6-4-11(5-7-12)24-10-22-16(8-25)23-24/h1-7,10,25H,8-9H2. The lowest BCUT2D eigenvalue weighted by Gasteiger charge is -2.15. The number of hydrogen-bond acceptors (Lipinski definition) is 4. The zero-order chi connectivity index (χ0) is 18.7. The first-order valence-corrected chi connectivity index (χ1v) is 7.85. The van der Waals surface area contributed by atoms with Crippen LogP contribution in [0.4, 0.5) is 13.2 Å². The van der Waals surface area contributed by atoms with Crippen LogP contribution in [-0.4, -0.2) is 19.9 Å². The first-order chi connectivity index (χ1) is 12.4. The van der Waals surface area contributed by atoms with E-state index in [9.17, 15) is 13.2 Å². The topological polar surface area (TPSA) is 60.2 Å². The van der Waals surface area contributed by atoms with E-state index in [2.05, 4.69) is 10.1 Å². The Morgan fingerprint density at radius 1 is 1.12 bits per heavy atom. The van der Waals surface area contributed by atoms with E-state index in [1.165, 1.54) is 23.1 Å². The summed E-state index contributed by atoms with van der Waals surface area (Å²) in [7, 11) is 0. The number of aromatic nitrogens is 3. The van der Waals surface area contributed by atoms with E-state index in [0.717, 1.165) is 6.07 Å². The number of alkyl halides is 3. The summed E-state index contributed by atoms with van der Waals surface area (Å²) in [5.74, 6) is 0.660. The Kier molecular flexibility index (Phi) is 5.15. The lowest BCUT2D eigenvalue weighted by Crippen LogP contribution is -2.11. The number of aliphatic hydroxyl groups excluding tert-OH is 1. The summed E-state index contributed by atoms with van der Waals surface area (Å²) in [6, 6.07) is 10.1. The average Bonchev–Trinajstić information content (AvgIpc) is 3.09. The zero-order valence-electron chi connectivity index (χ0n) is 13.2. The number of aliphatic hydroxyl groups is 1. The Morgan fingerprint density at radius 2 is 1.85 bits per heavy atom. The third kappa shape index (κ3) is 3.97. The fraction of sp³-hybridized carbons (Fsp3) is 0.176. The molecule has 2 aromatic carbocycles. The van der Waals surface area contributed by atoms with Crippen LogP contribution in [-0.2, 0) is 19.4 Å². The molecule has 0 fully saturated rings. The molecule has 0 atom stereocenters. The fourth-order valence-electron chi connectivity index (χ4n) is 2.32. The number of ether oxygens (including phenoxy) is 1. The minimum atomic E-state index is -4.51. The Bertz CT molecular complexity index is 895. The van der Waals surface area contributed by atoms with E-state index in [0.29, 0.717) is 11.4 Å². The first kappa shape index (κ1) is 18.2. The molecule has 26 heavy (non-hydrogen) atoms. The van der Waals surface area contributed by atoms with Crippen molar-refractivity contribution in [3.05, 3.63) is 70.8 Å². The van der Waals surface area contributed by atoms with E-state index in [-0.39, 0.29) is 29.6 Å². The van der Waals surface area contributed by atoms with Crippen molar-refractivity contribution in [2.45, 2.75) is 19.4 Å². The van der Waals surface area contributed by atoms with Crippen LogP contribution in [0.5, 0.6) is 5.75 Å². The second kappa shape index (κ2) is 7.35. The van der Waals surface area contributed by atoms with Crippen molar-refractivity contribution in [1.82, 2.24) is 14.8 Å². The summed E-state index contributed by atoms with van der Waals surface area (Å²) < 4.78 is 46.2.